The van der Waals surface area contributed by atoms with Crippen molar-refractivity contribution in [3.63, 3.8) is 0 Å². The summed E-state index contributed by atoms with van der Waals surface area (Å²) in [5.41, 5.74) is -0.0480. The second-order valence-corrected chi connectivity index (χ2v) is 8.76. The number of hydrogen-bond donors (Lipinski definition) is 1. The molecule has 1 aliphatic rings. The van der Waals surface area contributed by atoms with E-state index in [1.807, 2.05) is 0 Å². The maximum atomic E-state index is 13.8. The lowest BCUT2D eigenvalue weighted by molar-refractivity contribution is -0.137. The molecule has 0 spiro atoms. The standard InChI is InChI=1S/C22H21BrF4N2O3/c1-12-7-13(3-4-18(12)24)17-11-29(21(31)32)6-5-19(17)28(2)20(30)14-8-15(22(25,26)27)10-16(23)9-14/h3-4,7-10,17,19H,5-6,11H2,1-2H3,(H,31,32). The summed E-state index contributed by atoms with van der Waals surface area (Å²) in [5, 5.41) is 9.42. The smallest absolute Gasteiger partial charge is 0.416 e. The first-order valence-electron chi connectivity index (χ1n) is 9.77. The largest absolute Gasteiger partial charge is 0.465 e. The van der Waals surface area contributed by atoms with Gasteiger partial charge in [-0.15, -0.1) is 0 Å². The zero-order valence-electron chi connectivity index (χ0n) is 17.3. The number of amides is 2. The molecule has 0 aliphatic carbocycles. The lowest BCUT2D eigenvalue weighted by atomic mass is 9.84. The molecule has 1 heterocycles. The predicted octanol–water partition coefficient (Wildman–Crippen LogP) is 5.52. The molecule has 0 radical (unpaired) electrons. The molecular formula is C22H21BrF4N2O3. The lowest BCUT2D eigenvalue weighted by Gasteiger charge is -2.42. The molecule has 1 N–H and O–H groups in total. The minimum Gasteiger partial charge on any atom is -0.465 e. The van der Waals surface area contributed by atoms with Gasteiger partial charge in [-0.05, 0) is 48.7 Å². The van der Waals surface area contributed by atoms with E-state index in [2.05, 4.69) is 15.9 Å². The number of likely N-dealkylation sites (tertiary alicyclic amines) is 1. The molecular weight excluding hydrogens is 496 g/mol. The summed E-state index contributed by atoms with van der Waals surface area (Å²) in [6.45, 7) is 1.83. The fraction of sp³-hybridized carbons (Fsp3) is 0.364. The quantitative estimate of drug-likeness (QED) is 0.546. The van der Waals surface area contributed by atoms with E-state index in [0.717, 1.165) is 12.1 Å². The summed E-state index contributed by atoms with van der Waals surface area (Å²) in [4.78, 5) is 27.2. The third-order valence-corrected chi connectivity index (χ3v) is 6.20. The first-order chi connectivity index (χ1) is 14.9. The molecule has 0 bridgehead atoms. The number of carbonyl (C=O) groups is 2. The molecule has 2 aromatic rings. The van der Waals surface area contributed by atoms with Gasteiger partial charge in [0.05, 0.1) is 5.56 Å². The molecule has 0 aromatic heterocycles. The van der Waals surface area contributed by atoms with Gasteiger partial charge in [-0.2, -0.15) is 13.2 Å². The third kappa shape index (κ3) is 5.06. The first kappa shape index (κ1) is 24.0. The van der Waals surface area contributed by atoms with Crippen LogP contribution in [-0.2, 0) is 6.18 Å². The number of carbonyl (C=O) groups excluding carboxylic acids is 1. The molecule has 2 aromatic carbocycles. The number of likely N-dealkylation sites (N-methyl/N-ethyl adjacent to an activating group) is 1. The van der Waals surface area contributed by atoms with Gasteiger partial charge in [-0.1, -0.05) is 28.1 Å². The highest BCUT2D eigenvalue weighted by Gasteiger charge is 2.38. The van der Waals surface area contributed by atoms with Crippen molar-refractivity contribution in [2.45, 2.75) is 31.5 Å². The Hall–Kier alpha value is -2.62. The average Bonchev–Trinajstić information content (AvgIpc) is 2.73. The second-order valence-electron chi connectivity index (χ2n) is 7.84. The van der Waals surface area contributed by atoms with E-state index >= 15 is 0 Å². The van der Waals surface area contributed by atoms with Crippen molar-refractivity contribution in [1.29, 1.82) is 0 Å². The number of alkyl halides is 3. The summed E-state index contributed by atoms with van der Waals surface area (Å²) < 4.78 is 53.5. The predicted molar refractivity (Wildman–Crippen MR) is 113 cm³/mol. The number of halogens is 5. The van der Waals surface area contributed by atoms with Gasteiger partial charge in [0.15, 0.2) is 0 Å². The third-order valence-electron chi connectivity index (χ3n) is 5.75. The SMILES string of the molecule is Cc1cc(C2CN(C(=O)O)CCC2N(C)C(=O)c2cc(Br)cc(C(F)(F)F)c2)ccc1F. The van der Waals surface area contributed by atoms with Gasteiger partial charge in [-0.3, -0.25) is 4.79 Å². The zero-order chi connectivity index (χ0) is 23.8. The molecule has 5 nitrogen and oxygen atoms in total. The Bertz CT molecular complexity index is 1040. The van der Waals surface area contributed by atoms with Crippen LogP contribution in [0.5, 0.6) is 0 Å². The molecule has 2 unspecified atom stereocenters. The van der Waals surface area contributed by atoms with Gasteiger partial charge in [0.1, 0.15) is 5.82 Å². The number of rotatable bonds is 3. The fourth-order valence-corrected chi connectivity index (χ4v) is 4.53. The van der Waals surface area contributed by atoms with E-state index in [1.54, 1.807) is 19.1 Å². The highest BCUT2D eigenvalue weighted by Crippen LogP contribution is 2.35. The number of carboxylic acid groups (broad SMARTS) is 1. The fourth-order valence-electron chi connectivity index (χ4n) is 4.03. The highest BCUT2D eigenvalue weighted by molar-refractivity contribution is 9.10. The molecule has 2 atom stereocenters. The number of benzene rings is 2. The van der Waals surface area contributed by atoms with E-state index < -0.39 is 41.5 Å². The minimum absolute atomic E-state index is 0.0784. The maximum Gasteiger partial charge on any atom is 0.416 e. The van der Waals surface area contributed by atoms with Crippen LogP contribution < -0.4 is 0 Å². The van der Waals surface area contributed by atoms with E-state index in [1.165, 1.54) is 29.0 Å². The average molecular weight is 517 g/mol. The molecule has 1 aliphatic heterocycles. The Balaban J connectivity index is 1.96. The van der Waals surface area contributed by atoms with Gasteiger partial charge in [-0.25, -0.2) is 9.18 Å². The molecule has 1 saturated heterocycles. The molecule has 10 heteroatoms. The number of nitrogens with zero attached hydrogens (tertiary/aromatic N) is 2. The number of piperidine rings is 1. The van der Waals surface area contributed by atoms with Gasteiger partial charge in [0.25, 0.3) is 5.91 Å². The normalized spacial score (nSPS) is 19.0. The number of hydrogen-bond acceptors (Lipinski definition) is 2. The maximum absolute atomic E-state index is 13.8. The van der Waals surface area contributed by atoms with Crippen LogP contribution in [0.15, 0.2) is 40.9 Å². The highest BCUT2D eigenvalue weighted by atomic mass is 79.9. The van der Waals surface area contributed by atoms with Crippen LogP contribution >= 0.6 is 15.9 Å². The van der Waals surface area contributed by atoms with Crippen molar-refractivity contribution < 1.29 is 32.3 Å². The van der Waals surface area contributed by atoms with Crippen molar-refractivity contribution in [3.05, 3.63) is 68.9 Å². The van der Waals surface area contributed by atoms with Crippen LogP contribution in [0.4, 0.5) is 22.4 Å². The second kappa shape index (κ2) is 9.09. The summed E-state index contributed by atoms with van der Waals surface area (Å²) in [7, 11) is 1.49. The van der Waals surface area contributed by atoms with E-state index in [0.29, 0.717) is 11.1 Å². The minimum atomic E-state index is -4.61. The van der Waals surface area contributed by atoms with Crippen LogP contribution in [0.2, 0.25) is 0 Å². The van der Waals surface area contributed by atoms with Gasteiger partial charge >= 0.3 is 12.3 Å². The van der Waals surface area contributed by atoms with Crippen LogP contribution in [0.1, 0.15) is 39.4 Å². The monoisotopic (exact) mass is 516 g/mol. The lowest BCUT2D eigenvalue weighted by Crippen LogP contribution is -2.51. The van der Waals surface area contributed by atoms with E-state index in [4.69, 9.17) is 0 Å². The Morgan fingerprint density at radius 1 is 1.19 bits per heavy atom. The molecule has 2 amide bonds. The molecule has 32 heavy (non-hydrogen) atoms. The van der Waals surface area contributed by atoms with Crippen LogP contribution in [0, 0.1) is 12.7 Å². The van der Waals surface area contributed by atoms with Gasteiger partial charge in [0.2, 0.25) is 0 Å². The van der Waals surface area contributed by atoms with Crippen molar-refractivity contribution in [2.75, 3.05) is 20.1 Å². The van der Waals surface area contributed by atoms with Gasteiger partial charge in [0, 0.05) is 42.1 Å². The Labute approximate surface area is 190 Å². The Morgan fingerprint density at radius 3 is 2.47 bits per heavy atom. The zero-order valence-corrected chi connectivity index (χ0v) is 18.9. The molecule has 1 fully saturated rings. The Morgan fingerprint density at radius 2 is 1.88 bits per heavy atom. The summed E-state index contributed by atoms with van der Waals surface area (Å²) in [6.07, 6.45) is -5.43. The van der Waals surface area contributed by atoms with Crippen LogP contribution in [-0.4, -0.2) is 53.1 Å². The van der Waals surface area contributed by atoms with Crippen molar-refractivity contribution in [2.24, 2.45) is 0 Å². The molecule has 0 saturated carbocycles. The topological polar surface area (TPSA) is 60.9 Å². The van der Waals surface area contributed by atoms with Gasteiger partial charge < -0.3 is 14.9 Å². The van der Waals surface area contributed by atoms with Crippen molar-refractivity contribution >= 4 is 27.9 Å². The summed E-state index contributed by atoms with van der Waals surface area (Å²) >= 11 is 3.03. The molecule has 3 rings (SSSR count). The van der Waals surface area contributed by atoms with Crippen molar-refractivity contribution in [3.8, 4) is 0 Å². The van der Waals surface area contributed by atoms with E-state index in [-0.39, 0.29) is 29.5 Å². The summed E-state index contributed by atoms with van der Waals surface area (Å²) in [6, 6.07) is 6.96. The first-order valence-corrected chi connectivity index (χ1v) is 10.6. The Kier molecular flexibility index (Phi) is 6.83. The van der Waals surface area contributed by atoms with E-state index in [9.17, 15) is 32.3 Å². The number of aryl methyl sites for hydroxylation is 1. The molecule has 172 valence electrons. The summed E-state index contributed by atoms with van der Waals surface area (Å²) in [5.74, 6) is -1.49. The van der Waals surface area contributed by atoms with Crippen LogP contribution in [0.3, 0.4) is 0 Å². The van der Waals surface area contributed by atoms with Crippen LogP contribution in [0.25, 0.3) is 0 Å². The van der Waals surface area contributed by atoms with Crippen molar-refractivity contribution in [1.82, 2.24) is 9.80 Å².